The van der Waals surface area contributed by atoms with Crippen LogP contribution in [0.15, 0.2) is 22.0 Å². The summed E-state index contributed by atoms with van der Waals surface area (Å²) >= 11 is 1.60. The van der Waals surface area contributed by atoms with Crippen molar-refractivity contribution in [3.63, 3.8) is 0 Å². The second-order valence-electron chi connectivity index (χ2n) is 6.09. The maximum absolute atomic E-state index is 12.3. The zero-order valence-electron chi connectivity index (χ0n) is 13.4. The quantitative estimate of drug-likeness (QED) is 0.836. The molecule has 7 nitrogen and oxygen atoms in total. The normalized spacial score (nSPS) is 22.2. The Balaban J connectivity index is 1.29. The SMILES string of the molecule is O=C(C1CCCO1)N1CCN(Cc2nc(-c3cccs3)no2)CC1. The first kappa shape index (κ1) is 15.7. The number of amides is 1. The highest BCUT2D eigenvalue weighted by atomic mass is 32.1. The summed E-state index contributed by atoms with van der Waals surface area (Å²) in [5.41, 5.74) is 0. The van der Waals surface area contributed by atoms with E-state index >= 15 is 0 Å². The summed E-state index contributed by atoms with van der Waals surface area (Å²) in [6.45, 7) is 4.42. The van der Waals surface area contributed by atoms with E-state index < -0.39 is 0 Å². The minimum atomic E-state index is -0.221. The molecule has 24 heavy (non-hydrogen) atoms. The first-order valence-corrected chi connectivity index (χ1v) is 9.17. The molecule has 0 bridgehead atoms. The number of aromatic nitrogens is 2. The molecule has 2 aliphatic rings. The van der Waals surface area contributed by atoms with Crippen molar-refractivity contribution in [3.05, 3.63) is 23.4 Å². The Bertz CT molecular complexity index is 673. The van der Waals surface area contributed by atoms with Gasteiger partial charge in [-0.15, -0.1) is 11.3 Å². The Labute approximate surface area is 144 Å². The fourth-order valence-electron chi connectivity index (χ4n) is 3.12. The highest BCUT2D eigenvalue weighted by Gasteiger charge is 2.30. The van der Waals surface area contributed by atoms with Gasteiger partial charge in [0.25, 0.3) is 5.91 Å². The molecule has 2 fully saturated rings. The molecule has 2 aromatic heterocycles. The number of piperazine rings is 1. The van der Waals surface area contributed by atoms with Crippen LogP contribution in [-0.4, -0.2) is 64.7 Å². The van der Waals surface area contributed by atoms with Crippen molar-refractivity contribution in [1.29, 1.82) is 0 Å². The van der Waals surface area contributed by atoms with E-state index in [2.05, 4.69) is 15.0 Å². The molecule has 0 aromatic carbocycles. The van der Waals surface area contributed by atoms with Gasteiger partial charge in [0.1, 0.15) is 6.10 Å². The van der Waals surface area contributed by atoms with Gasteiger partial charge in [-0.25, -0.2) is 0 Å². The molecule has 1 unspecified atom stereocenters. The lowest BCUT2D eigenvalue weighted by Crippen LogP contribution is -2.51. The van der Waals surface area contributed by atoms with E-state index in [4.69, 9.17) is 9.26 Å². The molecule has 0 saturated carbocycles. The topological polar surface area (TPSA) is 71.7 Å². The molecule has 4 heterocycles. The van der Waals surface area contributed by atoms with Crippen molar-refractivity contribution in [2.24, 2.45) is 0 Å². The molecule has 1 amide bonds. The number of hydrogen-bond donors (Lipinski definition) is 0. The number of carbonyl (C=O) groups excluding carboxylic acids is 1. The summed E-state index contributed by atoms with van der Waals surface area (Å²) in [7, 11) is 0. The first-order chi connectivity index (χ1) is 11.8. The van der Waals surface area contributed by atoms with Crippen LogP contribution in [0.2, 0.25) is 0 Å². The van der Waals surface area contributed by atoms with Crippen molar-refractivity contribution in [2.75, 3.05) is 32.8 Å². The second-order valence-corrected chi connectivity index (χ2v) is 7.04. The minimum absolute atomic E-state index is 0.143. The fraction of sp³-hybridized carbons (Fsp3) is 0.562. The molecule has 2 aliphatic heterocycles. The summed E-state index contributed by atoms with van der Waals surface area (Å²) in [5, 5.41) is 6.03. The monoisotopic (exact) mass is 348 g/mol. The first-order valence-electron chi connectivity index (χ1n) is 8.29. The summed E-state index contributed by atoms with van der Waals surface area (Å²) in [6, 6.07) is 3.95. The van der Waals surface area contributed by atoms with Crippen molar-refractivity contribution in [1.82, 2.24) is 19.9 Å². The molecule has 0 N–H and O–H groups in total. The second kappa shape index (κ2) is 7.00. The maximum Gasteiger partial charge on any atom is 0.251 e. The number of hydrogen-bond acceptors (Lipinski definition) is 7. The van der Waals surface area contributed by atoms with Gasteiger partial charge in [0.2, 0.25) is 11.7 Å². The summed E-state index contributed by atoms with van der Waals surface area (Å²) in [4.78, 5) is 22.0. The lowest BCUT2D eigenvalue weighted by atomic mass is 10.2. The van der Waals surface area contributed by atoms with Gasteiger partial charge in [-0.3, -0.25) is 9.69 Å². The Kier molecular flexibility index (Phi) is 4.59. The van der Waals surface area contributed by atoms with Crippen LogP contribution in [0.5, 0.6) is 0 Å². The van der Waals surface area contributed by atoms with Crippen molar-refractivity contribution >= 4 is 17.2 Å². The number of nitrogens with zero attached hydrogens (tertiary/aromatic N) is 4. The zero-order valence-corrected chi connectivity index (χ0v) is 14.2. The summed E-state index contributed by atoms with van der Waals surface area (Å²) in [6.07, 6.45) is 1.62. The van der Waals surface area contributed by atoms with Gasteiger partial charge in [-0.2, -0.15) is 4.98 Å². The van der Waals surface area contributed by atoms with Crippen LogP contribution in [0, 0.1) is 0 Å². The smallest absolute Gasteiger partial charge is 0.251 e. The molecule has 2 saturated heterocycles. The van der Waals surface area contributed by atoms with Crippen molar-refractivity contribution < 1.29 is 14.1 Å². The third kappa shape index (κ3) is 3.35. The molecule has 4 rings (SSSR count). The van der Waals surface area contributed by atoms with E-state index in [1.54, 1.807) is 11.3 Å². The number of carbonyl (C=O) groups is 1. The Morgan fingerprint density at radius 2 is 2.21 bits per heavy atom. The lowest BCUT2D eigenvalue weighted by Gasteiger charge is -2.35. The third-order valence-electron chi connectivity index (χ3n) is 4.46. The largest absolute Gasteiger partial charge is 0.368 e. The van der Waals surface area contributed by atoms with Crippen LogP contribution in [0.1, 0.15) is 18.7 Å². The van der Waals surface area contributed by atoms with Crippen LogP contribution < -0.4 is 0 Å². The third-order valence-corrected chi connectivity index (χ3v) is 5.32. The molecule has 0 aliphatic carbocycles. The highest BCUT2D eigenvalue weighted by Crippen LogP contribution is 2.22. The van der Waals surface area contributed by atoms with Crippen molar-refractivity contribution in [2.45, 2.75) is 25.5 Å². The van der Waals surface area contributed by atoms with E-state index in [1.165, 1.54) is 0 Å². The minimum Gasteiger partial charge on any atom is -0.368 e. The number of ether oxygens (including phenoxy) is 1. The molecule has 1 atom stereocenters. The van der Waals surface area contributed by atoms with Gasteiger partial charge in [-0.05, 0) is 24.3 Å². The van der Waals surface area contributed by atoms with Crippen molar-refractivity contribution in [3.8, 4) is 10.7 Å². The van der Waals surface area contributed by atoms with E-state index in [0.29, 0.717) is 24.9 Å². The van der Waals surface area contributed by atoms with Gasteiger partial charge in [0.15, 0.2) is 0 Å². The van der Waals surface area contributed by atoms with Crippen LogP contribution in [-0.2, 0) is 16.1 Å². The average molecular weight is 348 g/mol. The maximum atomic E-state index is 12.3. The van der Waals surface area contributed by atoms with Gasteiger partial charge in [0, 0.05) is 32.8 Å². The molecular weight excluding hydrogens is 328 g/mol. The van der Waals surface area contributed by atoms with E-state index in [-0.39, 0.29) is 12.0 Å². The lowest BCUT2D eigenvalue weighted by molar-refractivity contribution is -0.142. The Morgan fingerprint density at radius 3 is 2.92 bits per heavy atom. The van der Waals surface area contributed by atoms with Crippen LogP contribution in [0.4, 0.5) is 0 Å². The predicted molar refractivity (Wildman–Crippen MR) is 88.4 cm³/mol. The Hall–Kier alpha value is -1.77. The van der Waals surface area contributed by atoms with E-state index in [0.717, 1.165) is 43.9 Å². The zero-order chi connectivity index (χ0) is 16.4. The van der Waals surface area contributed by atoms with Crippen LogP contribution in [0.3, 0.4) is 0 Å². The predicted octanol–water partition coefficient (Wildman–Crippen LogP) is 1.62. The fourth-order valence-corrected chi connectivity index (χ4v) is 3.77. The molecule has 0 radical (unpaired) electrons. The molecule has 2 aromatic rings. The van der Waals surface area contributed by atoms with Gasteiger partial charge < -0.3 is 14.2 Å². The summed E-state index contributed by atoms with van der Waals surface area (Å²) in [5.74, 6) is 1.41. The summed E-state index contributed by atoms with van der Waals surface area (Å²) < 4.78 is 10.8. The standard InChI is InChI=1S/C16H20N4O3S/c21-16(12-3-1-9-22-12)20-7-5-19(6-8-20)11-14-17-15(18-23-14)13-4-2-10-24-13/h2,4,10,12H,1,3,5-9,11H2. The number of thiophene rings is 1. The van der Waals surface area contributed by atoms with Gasteiger partial charge in [0.05, 0.1) is 11.4 Å². The molecular formula is C16H20N4O3S. The van der Waals surface area contributed by atoms with Gasteiger partial charge >= 0.3 is 0 Å². The number of rotatable bonds is 4. The molecule has 8 heteroatoms. The Morgan fingerprint density at radius 1 is 1.33 bits per heavy atom. The highest BCUT2D eigenvalue weighted by molar-refractivity contribution is 7.13. The average Bonchev–Trinajstić information content (AvgIpc) is 3.36. The molecule has 0 spiro atoms. The molecule has 128 valence electrons. The van der Waals surface area contributed by atoms with E-state index in [9.17, 15) is 4.79 Å². The van der Waals surface area contributed by atoms with Gasteiger partial charge in [-0.1, -0.05) is 11.2 Å². The van der Waals surface area contributed by atoms with E-state index in [1.807, 2.05) is 22.4 Å². The van der Waals surface area contributed by atoms with Crippen LogP contribution in [0.25, 0.3) is 10.7 Å². The van der Waals surface area contributed by atoms with Crippen LogP contribution >= 0.6 is 11.3 Å².